The summed E-state index contributed by atoms with van der Waals surface area (Å²) in [4.78, 5) is 23.2. The highest BCUT2D eigenvalue weighted by molar-refractivity contribution is 5.78. The first-order valence-electron chi connectivity index (χ1n) is 7.30. The molecule has 2 aliphatic carbocycles. The van der Waals surface area contributed by atoms with E-state index in [1.807, 2.05) is 0 Å². The van der Waals surface area contributed by atoms with Gasteiger partial charge < -0.3 is 15.7 Å². The van der Waals surface area contributed by atoms with Crippen molar-refractivity contribution < 1.29 is 14.7 Å². The lowest BCUT2D eigenvalue weighted by atomic mass is 9.71. The quantitative estimate of drug-likeness (QED) is 0.730. The Morgan fingerprint density at radius 1 is 1.21 bits per heavy atom. The highest BCUT2D eigenvalue weighted by Crippen LogP contribution is 2.38. The molecule has 0 unspecified atom stereocenters. The van der Waals surface area contributed by atoms with Gasteiger partial charge in [-0.3, -0.25) is 4.79 Å². The molecule has 0 spiro atoms. The molecule has 0 aromatic heterocycles. The van der Waals surface area contributed by atoms with Crippen LogP contribution in [0.2, 0.25) is 0 Å². The van der Waals surface area contributed by atoms with Gasteiger partial charge in [0.15, 0.2) is 0 Å². The van der Waals surface area contributed by atoms with Crippen molar-refractivity contribution in [1.29, 1.82) is 0 Å². The molecular weight excluding hydrogens is 244 g/mol. The Balaban J connectivity index is 1.83. The predicted octanol–water partition coefficient (Wildman–Crippen LogP) is 2.12. The highest BCUT2D eigenvalue weighted by atomic mass is 16.4. The Morgan fingerprint density at radius 3 is 2.32 bits per heavy atom. The molecule has 0 aromatic carbocycles. The molecule has 2 rings (SSSR count). The Kier molecular flexibility index (Phi) is 4.32. The molecule has 2 aliphatic rings. The van der Waals surface area contributed by atoms with Crippen molar-refractivity contribution >= 4 is 12.0 Å². The average Bonchev–Trinajstić information content (AvgIpc) is 2.33. The zero-order chi connectivity index (χ0) is 13.9. The van der Waals surface area contributed by atoms with Crippen LogP contribution in [0, 0.1) is 11.3 Å². The van der Waals surface area contributed by atoms with Crippen molar-refractivity contribution in [2.45, 2.75) is 57.9 Å². The molecule has 108 valence electrons. The lowest BCUT2D eigenvalue weighted by Crippen LogP contribution is -2.50. The summed E-state index contributed by atoms with van der Waals surface area (Å²) >= 11 is 0. The van der Waals surface area contributed by atoms with E-state index in [4.69, 9.17) is 0 Å². The summed E-state index contributed by atoms with van der Waals surface area (Å²) in [6, 6.07) is 0.0658. The largest absolute Gasteiger partial charge is 0.481 e. The van der Waals surface area contributed by atoms with Gasteiger partial charge in [0, 0.05) is 12.6 Å². The molecule has 5 nitrogen and oxygen atoms in total. The van der Waals surface area contributed by atoms with Crippen molar-refractivity contribution in [2.24, 2.45) is 11.3 Å². The van der Waals surface area contributed by atoms with Gasteiger partial charge >= 0.3 is 12.0 Å². The van der Waals surface area contributed by atoms with E-state index in [1.54, 1.807) is 0 Å². The summed E-state index contributed by atoms with van der Waals surface area (Å²) in [5, 5.41) is 15.1. The van der Waals surface area contributed by atoms with Crippen molar-refractivity contribution in [3.8, 4) is 0 Å². The number of urea groups is 1. The van der Waals surface area contributed by atoms with Gasteiger partial charge in [-0.2, -0.15) is 0 Å². The molecule has 0 heterocycles. The number of nitrogens with one attached hydrogen (secondary N) is 2. The summed E-state index contributed by atoms with van der Waals surface area (Å²) in [6.45, 7) is 2.40. The van der Waals surface area contributed by atoms with E-state index in [9.17, 15) is 14.7 Å². The normalized spacial score (nSPS) is 31.3. The number of carbonyl (C=O) groups excluding carboxylic acids is 1. The van der Waals surface area contributed by atoms with Crippen LogP contribution in [0.25, 0.3) is 0 Å². The fourth-order valence-corrected chi connectivity index (χ4v) is 2.82. The molecule has 0 aromatic rings. The molecule has 0 aliphatic heterocycles. The molecule has 0 atom stereocenters. The average molecular weight is 268 g/mol. The SMILES string of the molecule is CC1CCC(CNC(=O)NC2CCC2)(C(=O)O)CC1. The second-order valence-electron chi connectivity index (χ2n) is 6.22. The highest BCUT2D eigenvalue weighted by Gasteiger charge is 2.41. The number of rotatable bonds is 4. The van der Waals surface area contributed by atoms with Crippen LogP contribution in [0.5, 0.6) is 0 Å². The van der Waals surface area contributed by atoms with Crippen LogP contribution < -0.4 is 10.6 Å². The van der Waals surface area contributed by atoms with Crippen LogP contribution in [0.4, 0.5) is 4.79 Å². The third-order valence-corrected chi connectivity index (χ3v) is 4.71. The third-order valence-electron chi connectivity index (χ3n) is 4.71. The monoisotopic (exact) mass is 268 g/mol. The molecule has 2 saturated carbocycles. The maximum absolute atomic E-state index is 11.7. The minimum absolute atomic E-state index is 0.219. The minimum Gasteiger partial charge on any atom is -0.481 e. The molecule has 19 heavy (non-hydrogen) atoms. The summed E-state index contributed by atoms with van der Waals surface area (Å²) in [7, 11) is 0. The topological polar surface area (TPSA) is 78.4 Å². The van der Waals surface area contributed by atoms with E-state index in [2.05, 4.69) is 17.6 Å². The van der Waals surface area contributed by atoms with E-state index >= 15 is 0 Å². The van der Waals surface area contributed by atoms with E-state index in [1.165, 1.54) is 6.42 Å². The Hall–Kier alpha value is -1.26. The van der Waals surface area contributed by atoms with E-state index in [0.29, 0.717) is 18.8 Å². The van der Waals surface area contributed by atoms with E-state index in [0.717, 1.165) is 25.7 Å². The predicted molar refractivity (Wildman–Crippen MR) is 71.9 cm³/mol. The number of carboxylic acids is 1. The van der Waals surface area contributed by atoms with Gasteiger partial charge in [0.2, 0.25) is 0 Å². The molecule has 0 saturated heterocycles. The van der Waals surface area contributed by atoms with E-state index in [-0.39, 0.29) is 18.6 Å². The van der Waals surface area contributed by atoms with Crippen LogP contribution in [-0.4, -0.2) is 29.7 Å². The Bertz CT molecular complexity index is 345. The van der Waals surface area contributed by atoms with Gasteiger partial charge in [0.1, 0.15) is 0 Å². The second-order valence-corrected chi connectivity index (χ2v) is 6.22. The van der Waals surface area contributed by atoms with Gasteiger partial charge in [-0.25, -0.2) is 4.79 Å². The van der Waals surface area contributed by atoms with Gasteiger partial charge in [-0.15, -0.1) is 0 Å². The number of carboxylic acid groups (broad SMARTS) is 1. The minimum atomic E-state index is -0.775. The number of hydrogen-bond donors (Lipinski definition) is 3. The van der Waals surface area contributed by atoms with Gasteiger partial charge in [-0.05, 0) is 50.9 Å². The van der Waals surface area contributed by atoms with Gasteiger partial charge in [0.25, 0.3) is 0 Å². The van der Waals surface area contributed by atoms with Crippen molar-refractivity contribution in [2.75, 3.05) is 6.54 Å². The van der Waals surface area contributed by atoms with Gasteiger partial charge in [0.05, 0.1) is 5.41 Å². The van der Waals surface area contributed by atoms with Crippen molar-refractivity contribution in [3.05, 3.63) is 0 Å². The standard InChI is InChI=1S/C14H24N2O3/c1-10-5-7-14(8-6-10,12(17)18)9-15-13(19)16-11-3-2-4-11/h10-11H,2-9H2,1H3,(H,17,18)(H2,15,16,19). The van der Waals surface area contributed by atoms with Crippen molar-refractivity contribution in [1.82, 2.24) is 10.6 Å². The zero-order valence-corrected chi connectivity index (χ0v) is 11.6. The maximum Gasteiger partial charge on any atom is 0.315 e. The zero-order valence-electron chi connectivity index (χ0n) is 11.6. The number of carbonyl (C=O) groups is 2. The fraction of sp³-hybridized carbons (Fsp3) is 0.857. The summed E-state index contributed by atoms with van der Waals surface area (Å²) in [6.07, 6.45) is 6.42. The summed E-state index contributed by atoms with van der Waals surface area (Å²) in [5.74, 6) is -0.181. The smallest absolute Gasteiger partial charge is 0.315 e. The number of hydrogen-bond acceptors (Lipinski definition) is 2. The van der Waals surface area contributed by atoms with Crippen LogP contribution in [0.15, 0.2) is 0 Å². The number of amides is 2. The molecule has 2 fully saturated rings. The lowest BCUT2D eigenvalue weighted by molar-refractivity contribution is -0.151. The second kappa shape index (κ2) is 5.80. The van der Waals surface area contributed by atoms with Crippen LogP contribution in [0.1, 0.15) is 51.9 Å². The molecular formula is C14H24N2O3. The Labute approximate surface area is 114 Å². The lowest BCUT2D eigenvalue weighted by Gasteiger charge is -2.36. The summed E-state index contributed by atoms with van der Waals surface area (Å²) < 4.78 is 0. The third kappa shape index (κ3) is 3.39. The number of aliphatic carboxylic acids is 1. The molecule has 2 amide bonds. The van der Waals surface area contributed by atoms with Crippen LogP contribution >= 0.6 is 0 Å². The van der Waals surface area contributed by atoms with E-state index < -0.39 is 11.4 Å². The Morgan fingerprint density at radius 2 is 1.84 bits per heavy atom. The maximum atomic E-state index is 11.7. The molecule has 3 N–H and O–H groups in total. The first kappa shape index (κ1) is 14.2. The molecule has 0 radical (unpaired) electrons. The first-order chi connectivity index (χ1) is 9.02. The van der Waals surface area contributed by atoms with Crippen LogP contribution in [0.3, 0.4) is 0 Å². The molecule has 0 bridgehead atoms. The fourth-order valence-electron chi connectivity index (χ4n) is 2.82. The summed E-state index contributed by atoms with van der Waals surface area (Å²) in [5.41, 5.74) is -0.760. The van der Waals surface area contributed by atoms with Crippen LogP contribution in [-0.2, 0) is 4.79 Å². The molecule has 5 heteroatoms. The first-order valence-corrected chi connectivity index (χ1v) is 7.30. The van der Waals surface area contributed by atoms with Crippen molar-refractivity contribution in [3.63, 3.8) is 0 Å². The van der Waals surface area contributed by atoms with Gasteiger partial charge in [-0.1, -0.05) is 6.92 Å².